The largest absolute Gasteiger partial charge is 0.355 e. The molecule has 118 valence electrons. The molecule has 0 fully saturated rings. The van der Waals surface area contributed by atoms with Crippen LogP contribution in [0.25, 0.3) is 0 Å². The molecule has 0 amide bonds. The molecule has 1 atom stereocenters. The minimum Gasteiger partial charge on any atom is -0.355 e. The molecule has 1 rings (SSSR count). The van der Waals surface area contributed by atoms with Crippen LogP contribution in [0.2, 0.25) is 0 Å². The topological polar surface area (TPSA) is 39.7 Å². The Hall–Kier alpha value is -1.55. The number of aryl methyl sites for hydroxylation is 1. The molecule has 4 nitrogen and oxygen atoms in total. The summed E-state index contributed by atoms with van der Waals surface area (Å²) in [6.45, 7) is 9.32. The quantitative estimate of drug-likeness (QED) is 0.598. The van der Waals surface area contributed by atoms with Gasteiger partial charge < -0.3 is 15.5 Å². The average molecular weight is 290 g/mol. The van der Waals surface area contributed by atoms with E-state index in [9.17, 15) is 0 Å². The van der Waals surface area contributed by atoms with Crippen molar-refractivity contribution in [2.75, 3.05) is 27.2 Å². The summed E-state index contributed by atoms with van der Waals surface area (Å²) in [5.74, 6) is 0.857. The summed E-state index contributed by atoms with van der Waals surface area (Å²) in [5, 5.41) is 6.73. The SMILES string of the molecule is CCC(C)N(C)CCNC(=NC)NCc1ccccc1C. The molecule has 0 aliphatic heterocycles. The van der Waals surface area contributed by atoms with E-state index >= 15 is 0 Å². The summed E-state index contributed by atoms with van der Waals surface area (Å²) < 4.78 is 0. The van der Waals surface area contributed by atoms with E-state index < -0.39 is 0 Å². The smallest absolute Gasteiger partial charge is 0.191 e. The van der Waals surface area contributed by atoms with Gasteiger partial charge in [0.15, 0.2) is 5.96 Å². The Bertz CT molecular complexity index is 442. The van der Waals surface area contributed by atoms with Gasteiger partial charge in [0, 0.05) is 32.7 Å². The Morgan fingerprint density at radius 1 is 1.29 bits per heavy atom. The second-order valence-corrected chi connectivity index (χ2v) is 5.52. The van der Waals surface area contributed by atoms with E-state index in [4.69, 9.17) is 0 Å². The van der Waals surface area contributed by atoms with Crippen molar-refractivity contribution in [3.8, 4) is 0 Å². The van der Waals surface area contributed by atoms with Gasteiger partial charge in [-0.2, -0.15) is 0 Å². The summed E-state index contributed by atoms with van der Waals surface area (Å²) in [6.07, 6.45) is 1.18. The highest BCUT2D eigenvalue weighted by molar-refractivity contribution is 5.79. The molecule has 0 saturated heterocycles. The zero-order valence-corrected chi connectivity index (χ0v) is 14.1. The minimum atomic E-state index is 0.619. The summed E-state index contributed by atoms with van der Waals surface area (Å²) in [7, 11) is 3.98. The molecule has 0 saturated carbocycles. The van der Waals surface area contributed by atoms with Crippen molar-refractivity contribution in [3.63, 3.8) is 0 Å². The third-order valence-electron chi connectivity index (χ3n) is 4.03. The molecule has 1 aromatic rings. The highest BCUT2D eigenvalue weighted by Crippen LogP contribution is 2.05. The minimum absolute atomic E-state index is 0.619. The molecule has 2 N–H and O–H groups in total. The van der Waals surface area contributed by atoms with Gasteiger partial charge in [0.25, 0.3) is 0 Å². The molecular formula is C17H30N4. The van der Waals surface area contributed by atoms with E-state index in [2.05, 4.69) is 72.6 Å². The average Bonchev–Trinajstić information content (AvgIpc) is 2.51. The van der Waals surface area contributed by atoms with Gasteiger partial charge in [-0.1, -0.05) is 31.2 Å². The van der Waals surface area contributed by atoms with E-state index in [1.807, 2.05) is 7.05 Å². The summed E-state index contributed by atoms with van der Waals surface area (Å²) in [6, 6.07) is 9.03. The number of hydrogen-bond donors (Lipinski definition) is 2. The molecule has 0 aliphatic rings. The Morgan fingerprint density at radius 3 is 2.62 bits per heavy atom. The molecule has 4 heteroatoms. The van der Waals surface area contributed by atoms with Crippen molar-refractivity contribution < 1.29 is 0 Å². The summed E-state index contributed by atoms with van der Waals surface area (Å²) in [5.41, 5.74) is 2.61. The lowest BCUT2D eigenvalue weighted by atomic mass is 10.1. The molecule has 0 aliphatic carbocycles. The van der Waals surface area contributed by atoms with Crippen LogP contribution in [-0.4, -0.2) is 44.1 Å². The molecule has 1 unspecified atom stereocenters. The molecule has 0 bridgehead atoms. The van der Waals surface area contributed by atoms with Crippen molar-refractivity contribution in [2.24, 2.45) is 4.99 Å². The lowest BCUT2D eigenvalue weighted by molar-refractivity contribution is 0.255. The van der Waals surface area contributed by atoms with Crippen LogP contribution in [0.15, 0.2) is 29.3 Å². The van der Waals surface area contributed by atoms with E-state index in [1.54, 1.807) is 0 Å². The van der Waals surface area contributed by atoms with Crippen molar-refractivity contribution in [1.82, 2.24) is 15.5 Å². The molecule has 0 aromatic heterocycles. The van der Waals surface area contributed by atoms with Gasteiger partial charge in [0.05, 0.1) is 0 Å². The highest BCUT2D eigenvalue weighted by atomic mass is 15.2. The van der Waals surface area contributed by atoms with Crippen LogP contribution < -0.4 is 10.6 Å². The van der Waals surface area contributed by atoms with Crippen molar-refractivity contribution in [1.29, 1.82) is 0 Å². The molecule has 0 spiro atoms. The number of aliphatic imine (C=N–C) groups is 1. The normalized spacial score (nSPS) is 13.3. The van der Waals surface area contributed by atoms with E-state index in [0.29, 0.717) is 6.04 Å². The number of nitrogens with zero attached hydrogens (tertiary/aromatic N) is 2. The van der Waals surface area contributed by atoms with E-state index in [1.165, 1.54) is 17.5 Å². The monoisotopic (exact) mass is 290 g/mol. The number of hydrogen-bond acceptors (Lipinski definition) is 2. The number of rotatable bonds is 7. The predicted molar refractivity (Wildman–Crippen MR) is 91.8 cm³/mol. The molecule has 0 radical (unpaired) electrons. The highest BCUT2D eigenvalue weighted by Gasteiger charge is 2.06. The van der Waals surface area contributed by atoms with E-state index in [0.717, 1.165) is 25.6 Å². The van der Waals surface area contributed by atoms with Crippen molar-refractivity contribution in [2.45, 2.75) is 39.8 Å². The van der Waals surface area contributed by atoms with Crippen LogP contribution >= 0.6 is 0 Å². The second kappa shape index (κ2) is 9.40. The molecule has 21 heavy (non-hydrogen) atoms. The third kappa shape index (κ3) is 6.17. The summed E-state index contributed by atoms with van der Waals surface area (Å²) >= 11 is 0. The zero-order chi connectivity index (χ0) is 15.7. The van der Waals surface area contributed by atoms with E-state index in [-0.39, 0.29) is 0 Å². The predicted octanol–water partition coefficient (Wildman–Crippen LogP) is 2.39. The van der Waals surface area contributed by atoms with Gasteiger partial charge in [0.1, 0.15) is 0 Å². The fourth-order valence-corrected chi connectivity index (χ4v) is 2.09. The second-order valence-electron chi connectivity index (χ2n) is 5.52. The zero-order valence-electron chi connectivity index (χ0n) is 14.1. The van der Waals surface area contributed by atoms with Crippen LogP contribution in [-0.2, 0) is 6.54 Å². The first kappa shape index (κ1) is 17.5. The number of nitrogens with one attached hydrogen (secondary N) is 2. The van der Waals surface area contributed by atoms with Gasteiger partial charge in [0.2, 0.25) is 0 Å². The van der Waals surface area contributed by atoms with Crippen LogP contribution in [0.4, 0.5) is 0 Å². The molecular weight excluding hydrogens is 260 g/mol. The lowest BCUT2D eigenvalue weighted by Gasteiger charge is -2.24. The first-order valence-electron chi connectivity index (χ1n) is 7.77. The Labute approximate surface area is 129 Å². The molecule has 0 heterocycles. The molecule has 1 aromatic carbocycles. The van der Waals surface area contributed by atoms with Crippen LogP contribution in [0, 0.1) is 6.92 Å². The van der Waals surface area contributed by atoms with Gasteiger partial charge in [-0.05, 0) is 38.4 Å². The van der Waals surface area contributed by atoms with Gasteiger partial charge in [-0.25, -0.2) is 0 Å². The fourth-order valence-electron chi connectivity index (χ4n) is 2.09. The third-order valence-corrected chi connectivity index (χ3v) is 4.03. The van der Waals surface area contributed by atoms with Gasteiger partial charge in [-0.3, -0.25) is 4.99 Å². The number of guanidine groups is 1. The van der Waals surface area contributed by atoms with Crippen LogP contribution in [0.5, 0.6) is 0 Å². The van der Waals surface area contributed by atoms with Crippen molar-refractivity contribution >= 4 is 5.96 Å². The van der Waals surface area contributed by atoms with Gasteiger partial charge >= 0.3 is 0 Å². The number of benzene rings is 1. The fraction of sp³-hybridized carbons (Fsp3) is 0.588. The lowest BCUT2D eigenvalue weighted by Crippen LogP contribution is -2.42. The first-order valence-corrected chi connectivity index (χ1v) is 7.77. The van der Waals surface area contributed by atoms with Crippen molar-refractivity contribution in [3.05, 3.63) is 35.4 Å². The number of likely N-dealkylation sites (N-methyl/N-ethyl adjacent to an activating group) is 1. The Balaban J connectivity index is 2.35. The maximum Gasteiger partial charge on any atom is 0.191 e. The van der Waals surface area contributed by atoms with Gasteiger partial charge in [-0.15, -0.1) is 0 Å². The summed E-state index contributed by atoms with van der Waals surface area (Å²) in [4.78, 5) is 6.63. The maximum atomic E-state index is 4.27. The Kier molecular flexibility index (Phi) is 7.83. The maximum absolute atomic E-state index is 4.27. The van der Waals surface area contributed by atoms with Crippen LogP contribution in [0.1, 0.15) is 31.4 Å². The van der Waals surface area contributed by atoms with Crippen LogP contribution in [0.3, 0.4) is 0 Å². The first-order chi connectivity index (χ1) is 10.1. The Morgan fingerprint density at radius 2 is 2.00 bits per heavy atom. The standard InChI is InChI=1S/C17H30N4/c1-6-15(3)21(5)12-11-19-17(18-4)20-13-16-10-8-7-9-14(16)2/h7-10,15H,6,11-13H2,1-5H3,(H2,18,19,20).